The minimum absolute atomic E-state index is 0.0566. The topological polar surface area (TPSA) is 71.5 Å². The average Bonchev–Trinajstić information content (AvgIpc) is 3.08. The molecule has 0 unspecified atom stereocenters. The number of nitrogens with one attached hydrogen (secondary N) is 1. The Labute approximate surface area is 159 Å². The number of aromatic nitrogens is 1. The number of thiazole rings is 1. The lowest BCUT2D eigenvalue weighted by Gasteiger charge is -2.15. The largest absolute Gasteiger partial charge is 0.462 e. The maximum absolute atomic E-state index is 13.8. The molecule has 2 aromatic carbocycles. The minimum atomic E-state index is -0.404. The molecular weight excluding hydrogens is 369 g/mol. The van der Waals surface area contributed by atoms with Crippen molar-refractivity contribution in [1.29, 1.82) is 0 Å². The zero-order valence-electron chi connectivity index (χ0n) is 14.9. The van der Waals surface area contributed by atoms with E-state index >= 15 is 0 Å². The first kappa shape index (κ1) is 18.8. The van der Waals surface area contributed by atoms with Crippen LogP contribution in [0.4, 0.5) is 15.2 Å². The number of esters is 1. The Hall–Kier alpha value is -3.00. The lowest BCUT2D eigenvalue weighted by Crippen LogP contribution is -2.29. The van der Waals surface area contributed by atoms with Crippen LogP contribution >= 0.6 is 11.3 Å². The van der Waals surface area contributed by atoms with Crippen molar-refractivity contribution in [2.75, 3.05) is 30.4 Å². The molecular formula is C19H18FN3O3S. The molecule has 6 nitrogen and oxygen atoms in total. The fourth-order valence-electron chi connectivity index (χ4n) is 2.45. The SMILES string of the molecule is CCOC(=O)c1ccc(NC(=O)CN(C)c2nc3c(F)cccc3s2)cc1. The van der Waals surface area contributed by atoms with E-state index in [2.05, 4.69) is 10.3 Å². The molecule has 0 atom stereocenters. The highest BCUT2D eigenvalue weighted by atomic mass is 32.1. The van der Waals surface area contributed by atoms with Gasteiger partial charge in [0.25, 0.3) is 0 Å². The van der Waals surface area contributed by atoms with Crippen LogP contribution in [0.3, 0.4) is 0 Å². The average molecular weight is 387 g/mol. The van der Waals surface area contributed by atoms with Gasteiger partial charge in [-0.05, 0) is 43.3 Å². The Bertz CT molecular complexity index is 972. The summed E-state index contributed by atoms with van der Waals surface area (Å²) >= 11 is 1.32. The molecule has 140 valence electrons. The Kier molecular flexibility index (Phi) is 5.66. The summed E-state index contributed by atoms with van der Waals surface area (Å²) in [5, 5.41) is 3.31. The predicted octanol–water partition coefficient (Wildman–Crippen LogP) is 3.69. The summed E-state index contributed by atoms with van der Waals surface area (Å²) in [4.78, 5) is 29.8. The number of carbonyl (C=O) groups excluding carboxylic acids is 2. The molecule has 0 fully saturated rings. The van der Waals surface area contributed by atoms with Crippen LogP contribution in [-0.4, -0.2) is 37.1 Å². The van der Waals surface area contributed by atoms with Crippen molar-refractivity contribution in [3.05, 3.63) is 53.8 Å². The monoisotopic (exact) mass is 387 g/mol. The molecule has 0 aliphatic rings. The van der Waals surface area contributed by atoms with Crippen molar-refractivity contribution in [3.8, 4) is 0 Å². The fourth-order valence-corrected chi connectivity index (χ4v) is 3.39. The molecule has 0 radical (unpaired) electrons. The summed E-state index contributed by atoms with van der Waals surface area (Å²) in [6, 6.07) is 11.2. The molecule has 1 heterocycles. The molecule has 1 N–H and O–H groups in total. The summed E-state index contributed by atoms with van der Waals surface area (Å²) in [6.07, 6.45) is 0. The molecule has 3 aromatic rings. The number of halogens is 1. The highest BCUT2D eigenvalue weighted by molar-refractivity contribution is 7.22. The fraction of sp³-hybridized carbons (Fsp3) is 0.211. The number of nitrogens with zero attached hydrogens (tertiary/aromatic N) is 2. The van der Waals surface area contributed by atoms with E-state index in [-0.39, 0.29) is 18.3 Å². The number of rotatable bonds is 6. The van der Waals surface area contributed by atoms with Crippen LogP contribution in [0, 0.1) is 5.82 Å². The molecule has 8 heteroatoms. The lowest BCUT2D eigenvalue weighted by molar-refractivity contribution is -0.114. The molecule has 0 saturated heterocycles. The number of para-hydroxylation sites is 1. The highest BCUT2D eigenvalue weighted by Gasteiger charge is 2.14. The third-order valence-corrected chi connectivity index (χ3v) is 4.88. The first-order chi connectivity index (χ1) is 13.0. The van der Waals surface area contributed by atoms with Crippen LogP contribution in [-0.2, 0) is 9.53 Å². The standard InChI is InChI=1S/C19H18FN3O3S/c1-3-26-18(25)12-7-9-13(10-8-12)21-16(24)11-23(2)19-22-17-14(20)5-4-6-15(17)27-19/h4-10H,3,11H2,1-2H3,(H,21,24). The molecule has 0 aliphatic heterocycles. The zero-order chi connectivity index (χ0) is 19.4. The van der Waals surface area contributed by atoms with Crippen molar-refractivity contribution >= 4 is 44.2 Å². The molecule has 0 spiro atoms. The van der Waals surface area contributed by atoms with Gasteiger partial charge in [-0.3, -0.25) is 4.79 Å². The number of likely N-dealkylation sites (N-methyl/N-ethyl adjacent to an activating group) is 1. The molecule has 3 rings (SSSR count). The lowest BCUT2D eigenvalue weighted by atomic mass is 10.2. The third kappa shape index (κ3) is 4.40. The van der Waals surface area contributed by atoms with E-state index in [1.54, 1.807) is 55.3 Å². The van der Waals surface area contributed by atoms with Gasteiger partial charge in [-0.15, -0.1) is 0 Å². The Morgan fingerprint density at radius 3 is 2.63 bits per heavy atom. The summed E-state index contributed by atoms with van der Waals surface area (Å²) in [6.45, 7) is 2.10. The van der Waals surface area contributed by atoms with Crippen LogP contribution in [0.15, 0.2) is 42.5 Å². The van der Waals surface area contributed by atoms with Crippen molar-refractivity contribution in [1.82, 2.24) is 4.98 Å². The van der Waals surface area contributed by atoms with Crippen molar-refractivity contribution in [2.24, 2.45) is 0 Å². The van der Waals surface area contributed by atoms with Crippen molar-refractivity contribution in [2.45, 2.75) is 6.92 Å². The molecule has 0 bridgehead atoms. The predicted molar refractivity (Wildman–Crippen MR) is 104 cm³/mol. The van der Waals surface area contributed by atoms with E-state index in [0.717, 1.165) is 4.70 Å². The van der Waals surface area contributed by atoms with Crippen LogP contribution in [0.25, 0.3) is 10.2 Å². The number of fused-ring (bicyclic) bond motifs is 1. The normalized spacial score (nSPS) is 10.6. The first-order valence-corrected chi connectivity index (χ1v) is 9.13. The number of hydrogen-bond acceptors (Lipinski definition) is 6. The van der Waals surface area contributed by atoms with Gasteiger partial charge in [0.05, 0.1) is 23.4 Å². The number of hydrogen-bond donors (Lipinski definition) is 1. The second kappa shape index (κ2) is 8.13. The van der Waals surface area contributed by atoms with Gasteiger partial charge in [-0.2, -0.15) is 0 Å². The van der Waals surface area contributed by atoms with Gasteiger partial charge in [0.15, 0.2) is 5.13 Å². The van der Waals surface area contributed by atoms with Gasteiger partial charge in [0, 0.05) is 12.7 Å². The second-order valence-electron chi connectivity index (χ2n) is 5.79. The first-order valence-electron chi connectivity index (χ1n) is 8.31. The summed E-state index contributed by atoms with van der Waals surface area (Å²) in [5.41, 5.74) is 1.29. The van der Waals surface area contributed by atoms with Gasteiger partial charge in [0.1, 0.15) is 11.3 Å². The maximum atomic E-state index is 13.8. The van der Waals surface area contributed by atoms with Crippen molar-refractivity contribution in [3.63, 3.8) is 0 Å². The third-order valence-electron chi connectivity index (χ3n) is 3.75. The van der Waals surface area contributed by atoms with E-state index in [0.29, 0.717) is 28.5 Å². The molecule has 0 aliphatic carbocycles. The quantitative estimate of drug-likeness (QED) is 0.653. The van der Waals surface area contributed by atoms with E-state index in [9.17, 15) is 14.0 Å². The number of ether oxygens (including phenoxy) is 1. The Morgan fingerprint density at radius 2 is 1.96 bits per heavy atom. The van der Waals surface area contributed by atoms with Crippen LogP contribution in [0.5, 0.6) is 0 Å². The van der Waals surface area contributed by atoms with E-state index < -0.39 is 5.97 Å². The number of anilines is 2. The minimum Gasteiger partial charge on any atom is -0.462 e. The Balaban J connectivity index is 1.62. The Morgan fingerprint density at radius 1 is 1.22 bits per heavy atom. The number of benzene rings is 2. The smallest absolute Gasteiger partial charge is 0.338 e. The molecule has 27 heavy (non-hydrogen) atoms. The van der Waals surface area contributed by atoms with Gasteiger partial charge in [-0.1, -0.05) is 17.4 Å². The molecule has 1 aromatic heterocycles. The van der Waals surface area contributed by atoms with E-state index in [1.807, 2.05) is 0 Å². The van der Waals surface area contributed by atoms with Crippen LogP contribution in [0.2, 0.25) is 0 Å². The maximum Gasteiger partial charge on any atom is 0.338 e. The summed E-state index contributed by atoms with van der Waals surface area (Å²) in [5.74, 6) is -1.03. The number of amides is 1. The van der Waals surface area contributed by atoms with Gasteiger partial charge in [0.2, 0.25) is 5.91 Å². The molecule has 1 amide bonds. The number of carbonyl (C=O) groups is 2. The van der Waals surface area contributed by atoms with Gasteiger partial charge in [-0.25, -0.2) is 14.2 Å². The summed E-state index contributed by atoms with van der Waals surface area (Å²) < 4.78 is 19.4. The van der Waals surface area contributed by atoms with Crippen LogP contribution < -0.4 is 10.2 Å². The van der Waals surface area contributed by atoms with E-state index in [1.165, 1.54) is 17.4 Å². The molecule has 0 saturated carbocycles. The van der Waals surface area contributed by atoms with E-state index in [4.69, 9.17) is 4.74 Å². The zero-order valence-corrected chi connectivity index (χ0v) is 15.7. The summed E-state index contributed by atoms with van der Waals surface area (Å²) in [7, 11) is 1.72. The van der Waals surface area contributed by atoms with Crippen LogP contribution in [0.1, 0.15) is 17.3 Å². The second-order valence-corrected chi connectivity index (χ2v) is 6.79. The van der Waals surface area contributed by atoms with Gasteiger partial charge >= 0.3 is 5.97 Å². The highest BCUT2D eigenvalue weighted by Crippen LogP contribution is 2.29. The van der Waals surface area contributed by atoms with Gasteiger partial charge < -0.3 is 15.0 Å². The van der Waals surface area contributed by atoms with Crippen molar-refractivity contribution < 1.29 is 18.7 Å².